The van der Waals surface area contributed by atoms with E-state index in [4.69, 9.17) is 0 Å². The second kappa shape index (κ2) is 8.49. The number of carbonyl (C=O) groups excluding carboxylic acids is 1. The summed E-state index contributed by atoms with van der Waals surface area (Å²) in [4.78, 5) is 16.4. The highest BCUT2D eigenvalue weighted by molar-refractivity contribution is 6.07. The summed E-state index contributed by atoms with van der Waals surface area (Å²) in [6.45, 7) is 4.46. The molecule has 5 heteroatoms. The van der Waals surface area contributed by atoms with Gasteiger partial charge in [0, 0.05) is 30.8 Å². The number of anilines is 1. The van der Waals surface area contributed by atoms with E-state index in [-0.39, 0.29) is 5.57 Å². The summed E-state index contributed by atoms with van der Waals surface area (Å²) < 4.78 is 0. The van der Waals surface area contributed by atoms with E-state index in [2.05, 4.69) is 15.6 Å². The maximum absolute atomic E-state index is 12.4. The molecule has 0 spiro atoms. The number of aryl methyl sites for hydroxylation is 2. The standard InChI is InChI=1S/C19H20N4O/c1-3-16-8-4-6-14(2)18(16)23-19(24)17(10-20)13-22-12-15-7-5-9-21-11-15/h4-9,11,13,22H,3,12H2,1-2H3,(H,23,24)/b17-13-. The summed E-state index contributed by atoms with van der Waals surface area (Å²) in [5.41, 5.74) is 3.80. The third-order valence-corrected chi connectivity index (χ3v) is 3.62. The number of nitriles is 1. The topological polar surface area (TPSA) is 77.8 Å². The number of hydrogen-bond acceptors (Lipinski definition) is 4. The van der Waals surface area contributed by atoms with Gasteiger partial charge < -0.3 is 10.6 Å². The van der Waals surface area contributed by atoms with Crippen LogP contribution in [0.25, 0.3) is 0 Å². The minimum Gasteiger partial charge on any atom is -0.386 e. The Bertz CT molecular complexity index is 776. The van der Waals surface area contributed by atoms with Gasteiger partial charge >= 0.3 is 0 Å². The van der Waals surface area contributed by atoms with Gasteiger partial charge in [-0.05, 0) is 36.1 Å². The molecule has 0 aliphatic carbocycles. The van der Waals surface area contributed by atoms with Crippen molar-refractivity contribution in [3.05, 3.63) is 71.2 Å². The van der Waals surface area contributed by atoms with Crippen LogP contribution in [0.3, 0.4) is 0 Å². The van der Waals surface area contributed by atoms with Gasteiger partial charge in [-0.1, -0.05) is 31.2 Å². The first-order chi connectivity index (χ1) is 11.7. The monoisotopic (exact) mass is 320 g/mol. The van der Waals surface area contributed by atoms with Gasteiger partial charge in [-0.2, -0.15) is 5.26 Å². The van der Waals surface area contributed by atoms with E-state index in [9.17, 15) is 10.1 Å². The molecule has 0 radical (unpaired) electrons. The fourth-order valence-electron chi connectivity index (χ4n) is 2.31. The zero-order chi connectivity index (χ0) is 17.4. The predicted octanol–water partition coefficient (Wildman–Crippen LogP) is 3.09. The molecule has 1 aromatic carbocycles. The lowest BCUT2D eigenvalue weighted by atomic mass is 10.1. The highest BCUT2D eigenvalue weighted by Gasteiger charge is 2.12. The minimum atomic E-state index is -0.416. The van der Waals surface area contributed by atoms with E-state index in [0.29, 0.717) is 6.54 Å². The van der Waals surface area contributed by atoms with Crippen molar-refractivity contribution in [1.29, 1.82) is 5.26 Å². The van der Waals surface area contributed by atoms with E-state index in [1.807, 2.05) is 50.2 Å². The molecule has 0 bridgehead atoms. The molecule has 2 N–H and O–H groups in total. The van der Waals surface area contributed by atoms with Gasteiger partial charge in [-0.15, -0.1) is 0 Å². The smallest absolute Gasteiger partial charge is 0.267 e. The molecule has 0 aliphatic heterocycles. The highest BCUT2D eigenvalue weighted by Crippen LogP contribution is 2.21. The fourth-order valence-corrected chi connectivity index (χ4v) is 2.31. The van der Waals surface area contributed by atoms with Gasteiger partial charge in [0.15, 0.2) is 0 Å². The molecule has 122 valence electrons. The Morgan fingerprint density at radius 3 is 2.83 bits per heavy atom. The van der Waals surface area contributed by atoms with Gasteiger partial charge in [0.05, 0.1) is 0 Å². The molecule has 0 fully saturated rings. The summed E-state index contributed by atoms with van der Waals surface area (Å²) in [7, 11) is 0. The van der Waals surface area contributed by atoms with Crippen molar-refractivity contribution in [1.82, 2.24) is 10.3 Å². The molecule has 0 saturated heterocycles. The van der Waals surface area contributed by atoms with Crippen LogP contribution >= 0.6 is 0 Å². The molecule has 0 atom stereocenters. The Morgan fingerprint density at radius 2 is 2.17 bits per heavy atom. The van der Waals surface area contributed by atoms with Crippen LogP contribution in [0.1, 0.15) is 23.6 Å². The molecule has 5 nitrogen and oxygen atoms in total. The second-order valence-electron chi connectivity index (χ2n) is 5.33. The molecule has 2 aromatic rings. The summed E-state index contributed by atoms with van der Waals surface area (Å²) in [5, 5.41) is 15.1. The first kappa shape index (κ1) is 17.2. The largest absolute Gasteiger partial charge is 0.386 e. The Hall–Kier alpha value is -3.13. The van der Waals surface area contributed by atoms with Crippen molar-refractivity contribution in [2.45, 2.75) is 26.8 Å². The first-order valence-electron chi connectivity index (χ1n) is 7.78. The molecular weight excluding hydrogens is 300 g/mol. The lowest BCUT2D eigenvalue weighted by Gasteiger charge is -2.12. The summed E-state index contributed by atoms with van der Waals surface area (Å²) >= 11 is 0. The zero-order valence-corrected chi connectivity index (χ0v) is 13.8. The summed E-state index contributed by atoms with van der Waals surface area (Å²) in [6, 6.07) is 11.6. The third-order valence-electron chi connectivity index (χ3n) is 3.62. The van der Waals surface area contributed by atoms with Crippen LogP contribution in [0.4, 0.5) is 5.69 Å². The number of rotatable bonds is 6. The van der Waals surface area contributed by atoms with Crippen molar-refractivity contribution in [3.63, 3.8) is 0 Å². The molecule has 0 unspecified atom stereocenters. The van der Waals surface area contributed by atoms with Crippen LogP contribution in [0, 0.1) is 18.3 Å². The van der Waals surface area contributed by atoms with Crippen molar-refractivity contribution < 1.29 is 4.79 Å². The van der Waals surface area contributed by atoms with Crippen LogP contribution in [-0.4, -0.2) is 10.9 Å². The lowest BCUT2D eigenvalue weighted by molar-refractivity contribution is -0.112. The van der Waals surface area contributed by atoms with Gasteiger partial charge in [-0.25, -0.2) is 0 Å². The van der Waals surface area contributed by atoms with Crippen LogP contribution in [0.15, 0.2) is 54.5 Å². The molecule has 2 rings (SSSR count). The van der Waals surface area contributed by atoms with E-state index in [1.165, 1.54) is 6.20 Å². The number of nitrogens with zero attached hydrogens (tertiary/aromatic N) is 2. The Labute approximate surface area is 142 Å². The first-order valence-corrected chi connectivity index (χ1v) is 7.78. The van der Waals surface area contributed by atoms with Gasteiger partial charge in [-0.3, -0.25) is 9.78 Å². The maximum Gasteiger partial charge on any atom is 0.267 e. The quantitative estimate of drug-likeness (QED) is 0.633. The Balaban J connectivity index is 2.07. The number of para-hydroxylation sites is 1. The maximum atomic E-state index is 12.4. The molecule has 0 aliphatic rings. The van der Waals surface area contributed by atoms with Crippen LogP contribution < -0.4 is 10.6 Å². The molecule has 0 saturated carbocycles. The highest BCUT2D eigenvalue weighted by atomic mass is 16.1. The van der Waals surface area contributed by atoms with Gasteiger partial charge in [0.1, 0.15) is 11.6 Å². The number of amides is 1. The van der Waals surface area contributed by atoms with Crippen LogP contribution in [0.5, 0.6) is 0 Å². The average molecular weight is 320 g/mol. The number of nitrogens with one attached hydrogen (secondary N) is 2. The predicted molar refractivity (Wildman–Crippen MR) is 94.0 cm³/mol. The van der Waals surface area contributed by atoms with E-state index in [1.54, 1.807) is 12.4 Å². The van der Waals surface area contributed by atoms with Gasteiger partial charge in [0.25, 0.3) is 5.91 Å². The molecule has 1 aromatic heterocycles. The Morgan fingerprint density at radius 1 is 1.33 bits per heavy atom. The van der Waals surface area contributed by atoms with E-state index < -0.39 is 5.91 Å². The second-order valence-corrected chi connectivity index (χ2v) is 5.33. The SMILES string of the molecule is CCc1cccc(C)c1NC(=O)/C(C#N)=C\NCc1cccnc1. The molecule has 1 amide bonds. The average Bonchev–Trinajstić information content (AvgIpc) is 2.61. The normalized spacial score (nSPS) is 10.8. The molecular formula is C19H20N4O. The third kappa shape index (κ3) is 4.43. The number of pyridine rings is 1. The van der Waals surface area contributed by atoms with Crippen molar-refractivity contribution in [2.24, 2.45) is 0 Å². The Kier molecular flexibility index (Phi) is 6.09. The van der Waals surface area contributed by atoms with Crippen molar-refractivity contribution in [3.8, 4) is 6.07 Å². The number of carbonyl (C=O) groups is 1. The van der Waals surface area contributed by atoms with Crippen LogP contribution in [-0.2, 0) is 17.8 Å². The van der Waals surface area contributed by atoms with E-state index >= 15 is 0 Å². The molecule has 1 heterocycles. The molecule has 24 heavy (non-hydrogen) atoms. The van der Waals surface area contributed by atoms with E-state index in [0.717, 1.165) is 28.8 Å². The lowest BCUT2D eigenvalue weighted by Crippen LogP contribution is -2.18. The van der Waals surface area contributed by atoms with Gasteiger partial charge in [0.2, 0.25) is 0 Å². The zero-order valence-electron chi connectivity index (χ0n) is 13.8. The minimum absolute atomic E-state index is 0.0317. The number of aromatic nitrogens is 1. The summed E-state index contributed by atoms with van der Waals surface area (Å²) in [5.74, 6) is -0.416. The number of hydrogen-bond donors (Lipinski definition) is 2. The summed E-state index contributed by atoms with van der Waals surface area (Å²) in [6.07, 6.45) is 5.67. The number of benzene rings is 1. The van der Waals surface area contributed by atoms with Crippen molar-refractivity contribution >= 4 is 11.6 Å². The van der Waals surface area contributed by atoms with Crippen LogP contribution in [0.2, 0.25) is 0 Å². The van der Waals surface area contributed by atoms with Crippen molar-refractivity contribution in [2.75, 3.05) is 5.32 Å². The fraction of sp³-hybridized carbons (Fsp3) is 0.211.